The van der Waals surface area contributed by atoms with Crippen LogP contribution < -0.4 is 10.6 Å². The number of carbonyl (C=O) groups is 2. The molecule has 2 aromatic heterocycles. The molecule has 7 heteroatoms. The number of carbonyl (C=O) groups excluding carboxylic acids is 2. The van der Waals surface area contributed by atoms with Crippen LogP contribution in [0.4, 0.5) is 4.39 Å². The van der Waals surface area contributed by atoms with E-state index < -0.39 is 6.04 Å². The van der Waals surface area contributed by atoms with Crippen molar-refractivity contribution in [3.63, 3.8) is 0 Å². The van der Waals surface area contributed by atoms with E-state index in [0.717, 1.165) is 28.6 Å². The van der Waals surface area contributed by atoms with E-state index in [-0.39, 0.29) is 24.2 Å². The number of amides is 2. The second-order valence-corrected chi connectivity index (χ2v) is 6.23. The highest BCUT2D eigenvalue weighted by molar-refractivity contribution is 5.87. The monoisotopic (exact) mass is 368 g/mol. The van der Waals surface area contributed by atoms with Gasteiger partial charge in [0.1, 0.15) is 5.82 Å². The van der Waals surface area contributed by atoms with Crippen molar-refractivity contribution < 1.29 is 14.0 Å². The number of aromatic nitrogens is 2. The summed E-state index contributed by atoms with van der Waals surface area (Å²) in [7, 11) is 0. The number of halogens is 1. The average molecular weight is 368 g/mol. The van der Waals surface area contributed by atoms with Crippen molar-refractivity contribution in [2.45, 2.75) is 26.4 Å². The highest BCUT2D eigenvalue weighted by Crippen LogP contribution is 2.30. The summed E-state index contributed by atoms with van der Waals surface area (Å²) >= 11 is 0. The molecule has 2 amide bonds. The topological polar surface area (TPSA) is 76.0 Å². The Hall–Kier alpha value is -3.22. The highest BCUT2D eigenvalue weighted by atomic mass is 19.1. The minimum atomic E-state index is -0.482. The second kappa shape index (κ2) is 7.99. The minimum absolute atomic E-state index is 0.124. The van der Waals surface area contributed by atoms with E-state index in [1.54, 1.807) is 24.5 Å². The molecule has 140 valence electrons. The summed E-state index contributed by atoms with van der Waals surface area (Å²) < 4.78 is 15.4. The van der Waals surface area contributed by atoms with Crippen molar-refractivity contribution in [3.05, 3.63) is 65.9 Å². The molecule has 0 aliphatic heterocycles. The van der Waals surface area contributed by atoms with Crippen LogP contribution in [-0.2, 0) is 16.1 Å². The average Bonchev–Trinajstić information content (AvgIpc) is 3.04. The molecule has 0 radical (unpaired) electrons. The Morgan fingerprint density at radius 1 is 1.22 bits per heavy atom. The molecule has 3 aromatic rings. The van der Waals surface area contributed by atoms with Gasteiger partial charge in [0.15, 0.2) is 0 Å². The first-order valence-corrected chi connectivity index (χ1v) is 8.71. The summed E-state index contributed by atoms with van der Waals surface area (Å²) in [6, 6.07) is 7.44. The van der Waals surface area contributed by atoms with Crippen LogP contribution in [0.25, 0.3) is 10.9 Å². The van der Waals surface area contributed by atoms with Crippen LogP contribution in [-0.4, -0.2) is 27.9 Å². The maximum absolute atomic E-state index is 13.4. The molecular formula is C20H21FN4O2. The molecule has 6 nitrogen and oxygen atoms in total. The number of nitrogens with zero attached hydrogens (tertiary/aromatic N) is 2. The molecule has 2 N–H and O–H groups in total. The molecule has 1 aromatic carbocycles. The van der Waals surface area contributed by atoms with Gasteiger partial charge in [0.05, 0.1) is 24.3 Å². The van der Waals surface area contributed by atoms with Crippen molar-refractivity contribution in [1.29, 1.82) is 0 Å². The van der Waals surface area contributed by atoms with E-state index >= 15 is 0 Å². The minimum Gasteiger partial charge on any atom is -0.347 e. The van der Waals surface area contributed by atoms with Gasteiger partial charge in [0.25, 0.3) is 0 Å². The molecule has 0 aliphatic rings. The Morgan fingerprint density at radius 3 is 2.63 bits per heavy atom. The summed E-state index contributed by atoms with van der Waals surface area (Å²) in [6.07, 6.45) is 5.45. The Kier molecular flexibility index (Phi) is 5.49. The lowest BCUT2D eigenvalue weighted by Crippen LogP contribution is -2.38. The molecule has 1 unspecified atom stereocenters. The molecule has 2 heterocycles. The molecule has 0 saturated carbocycles. The maximum Gasteiger partial charge on any atom is 0.240 e. The lowest BCUT2D eigenvalue weighted by molar-refractivity contribution is -0.125. The van der Waals surface area contributed by atoms with E-state index in [0.29, 0.717) is 0 Å². The van der Waals surface area contributed by atoms with Gasteiger partial charge in [-0.25, -0.2) is 4.39 Å². The Labute approximate surface area is 156 Å². The molecule has 3 rings (SSSR count). The molecule has 0 aliphatic carbocycles. The number of nitrogens with one attached hydrogen (secondary N) is 2. The van der Waals surface area contributed by atoms with Crippen LogP contribution in [0.3, 0.4) is 0 Å². The lowest BCUT2D eigenvalue weighted by Gasteiger charge is -2.19. The molecule has 0 spiro atoms. The van der Waals surface area contributed by atoms with Gasteiger partial charge in [-0.3, -0.25) is 14.6 Å². The zero-order valence-corrected chi connectivity index (χ0v) is 15.2. The fraction of sp³-hybridized carbons (Fsp3) is 0.250. The molecule has 0 fully saturated rings. The Morgan fingerprint density at radius 2 is 1.96 bits per heavy atom. The van der Waals surface area contributed by atoms with Crippen molar-refractivity contribution in [2.75, 3.05) is 6.54 Å². The van der Waals surface area contributed by atoms with Crippen LogP contribution in [0, 0.1) is 5.82 Å². The predicted molar refractivity (Wildman–Crippen MR) is 100 cm³/mol. The first-order chi connectivity index (χ1) is 13.0. The van der Waals surface area contributed by atoms with E-state index in [1.807, 2.05) is 23.8 Å². The molecule has 0 bridgehead atoms. The predicted octanol–water partition coefficient (Wildman–Crippen LogP) is 2.54. The fourth-order valence-electron chi connectivity index (χ4n) is 3.07. The molecule has 0 saturated heterocycles. The van der Waals surface area contributed by atoms with Gasteiger partial charge in [-0.15, -0.1) is 0 Å². The molecule has 1 atom stereocenters. The number of rotatable bonds is 6. The summed E-state index contributed by atoms with van der Waals surface area (Å²) in [5, 5.41) is 6.39. The number of hydrogen-bond donors (Lipinski definition) is 2. The molecule has 27 heavy (non-hydrogen) atoms. The van der Waals surface area contributed by atoms with Crippen molar-refractivity contribution in [1.82, 2.24) is 20.2 Å². The summed E-state index contributed by atoms with van der Waals surface area (Å²) in [6.45, 7) is 4.00. The number of hydrogen-bond acceptors (Lipinski definition) is 3. The van der Waals surface area contributed by atoms with E-state index in [2.05, 4.69) is 15.6 Å². The maximum atomic E-state index is 13.4. The zero-order chi connectivity index (χ0) is 19.4. The summed E-state index contributed by atoms with van der Waals surface area (Å²) in [5.41, 5.74) is 2.59. The normalized spacial score (nSPS) is 12.0. The fourth-order valence-corrected chi connectivity index (χ4v) is 3.07. The van der Waals surface area contributed by atoms with Crippen LogP contribution in [0.5, 0.6) is 0 Å². The summed E-state index contributed by atoms with van der Waals surface area (Å²) in [5.74, 6) is -0.953. The molecular weight excluding hydrogens is 347 g/mol. The van der Waals surface area contributed by atoms with Crippen LogP contribution in [0.2, 0.25) is 0 Å². The number of aryl methyl sites for hydroxylation is 1. The quantitative estimate of drug-likeness (QED) is 0.702. The Bertz CT molecular complexity index is 966. The zero-order valence-electron chi connectivity index (χ0n) is 15.2. The summed E-state index contributed by atoms with van der Waals surface area (Å²) in [4.78, 5) is 27.6. The van der Waals surface area contributed by atoms with Crippen LogP contribution in [0.15, 0.2) is 48.9 Å². The van der Waals surface area contributed by atoms with E-state index in [4.69, 9.17) is 0 Å². The van der Waals surface area contributed by atoms with Gasteiger partial charge in [-0.05, 0) is 30.7 Å². The SMILES string of the molecule is CCn1cc(C(NC(=O)CNC(C)=O)c2ccc(F)cc2)c2ccncc21. The smallest absolute Gasteiger partial charge is 0.240 e. The highest BCUT2D eigenvalue weighted by Gasteiger charge is 2.22. The van der Waals surface area contributed by atoms with Crippen molar-refractivity contribution >= 4 is 22.7 Å². The van der Waals surface area contributed by atoms with E-state index in [9.17, 15) is 14.0 Å². The Balaban J connectivity index is 2.03. The number of pyridine rings is 1. The van der Waals surface area contributed by atoms with E-state index in [1.165, 1.54) is 19.1 Å². The van der Waals surface area contributed by atoms with Crippen molar-refractivity contribution in [3.8, 4) is 0 Å². The van der Waals surface area contributed by atoms with Gasteiger partial charge in [-0.2, -0.15) is 0 Å². The third-order valence-corrected chi connectivity index (χ3v) is 4.37. The number of fused-ring (bicyclic) bond motifs is 1. The third kappa shape index (κ3) is 4.13. The second-order valence-electron chi connectivity index (χ2n) is 6.23. The van der Waals surface area contributed by atoms with Gasteiger partial charge >= 0.3 is 0 Å². The van der Waals surface area contributed by atoms with Crippen LogP contribution in [0.1, 0.15) is 31.0 Å². The van der Waals surface area contributed by atoms with Crippen molar-refractivity contribution in [2.24, 2.45) is 0 Å². The third-order valence-electron chi connectivity index (χ3n) is 4.37. The van der Waals surface area contributed by atoms with Gasteiger partial charge in [-0.1, -0.05) is 12.1 Å². The van der Waals surface area contributed by atoms with Gasteiger partial charge in [0, 0.05) is 36.8 Å². The van der Waals surface area contributed by atoms with Crippen LogP contribution >= 0.6 is 0 Å². The number of benzene rings is 1. The first-order valence-electron chi connectivity index (χ1n) is 8.71. The largest absolute Gasteiger partial charge is 0.347 e. The standard InChI is InChI=1S/C20H21FN4O2/c1-3-25-12-17(16-8-9-22-10-18(16)25)20(14-4-6-15(21)7-5-14)24-19(27)11-23-13(2)26/h4-10,12,20H,3,11H2,1-2H3,(H,23,26)(H,24,27). The van der Waals surface area contributed by atoms with Gasteiger partial charge in [0.2, 0.25) is 11.8 Å². The van der Waals surface area contributed by atoms with Gasteiger partial charge < -0.3 is 15.2 Å². The first kappa shape index (κ1) is 18.6. The lowest BCUT2D eigenvalue weighted by atomic mass is 9.98.